The number of primary amides is 1. The quantitative estimate of drug-likeness (QED) is 0.108. The van der Waals surface area contributed by atoms with Crippen LogP contribution in [0.2, 0.25) is 0 Å². The number of carboxylic acid groups (broad SMARTS) is 3. The molecule has 0 aliphatic rings. The molecule has 1 aromatic rings. The topological polar surface area (TPSA) is 289 Å². The van der Waals surface area contributed by atoms with Crippen molar-refractivity contribution in [2.45, 2.75) is 49.9 Å². The normalized spacial score (nSPS) is 13.8. The first-order valence-electron chi connectivity index (χ1n) is 10.6. The lowest BCUT2D eigenvalue weighted by Crippen LogP contribution is -2.58. The maximum absolute atomic E-state index is 13.0. The third-order valence-electron chi connectivity index (χ3n) is 4.77. The number of phenolic OH excluding ortho intramolecular Hbond substituents is 1. The average molecular weight is 525 g/mol. The van der Waals surface area contributed by atoms with E-state index in [1.54, 1.807) is 0 Å². The molecule has 1 aromatic carbocycles. The van der Waals surface area contributed by atoms with Crippen LogP contribution < -0.4 is 27.4 Å². The molecule has 0 radical (unpaired) electrons. The van der Waals surface area contributed by atoms with E-state index in [1.807, 2.05) is 5.32 Å². The van der Waals surface area contributed by atoms with Crippen LogP contribution >= 0.6 is 0 Å². The zero-order valence-electron chi connectivity index (χ0n) is 19.2. The van der Waals surface area contributed by atoms with Gasteiger partial charge in [0, 0.05) is 6.42 Å². The van der Waals surface area contributed by atoms with Crippen molar-refractivity contribution in [2.75, 3.05) is 0 Å². The highest BCUT2D eigenvalue weighted by atomic mass is 16.4. The van der Waals surface area contributed by atoms with Gasteiger partial charge in [0.15, 0.2) is 0 Å². The van der Waals surface area contributed by atoms with Gasteiger partial charge in [-0.2, -0.15) is 0 Å². The maximum Gasteiger partial charge on any atom is 0.326 e. The highest BCUT2D eigenvalue weighted by Gasteiger charge is 2.32. The van der Waals surface area contributed by atoms with Gasteiger partial charge in [0.05, 0.1) is 25.3 Å². The zero-order chi connectivity index (χ0) is 28.3. The van der Waals surface area contributed by atoms with Crippen LogP contribution in [0.5, 0.6) is 5.75 Å². The molecule has 37 heavy (non-hydrogen) atoms. The van der Waals surface area contributed by atoms with Gasteiger partial charge in [-0.3, -0.25) is 28.8 Å². The number of rotatable bonds is 15. The smallest absolute Gasteiger partial charge is 0.326 e. The fourth-order valence-electron chi connectivity index (χ4n) is 2.97. The predicted octanol–water partition coefficient (Wildman–Crippen LogP) is -3.37. The second-order valence-electron chi connectivity index (χ2n) is 7.86. The molecule has 1 rings (SSSR count). The molecular weight excluding hydrogens is 498 g/mol. The molecule has 0 aliphatic carbocycles. The number of nitrogens with one attached hydrogen (secondary N) is 3. The zero-order valence-corrected chi connectivity index (χ0v) is 19.2. The number of aromatic hydroxyl groups is 1. The lowest BCUT2D eigenvalue weighted by atomic mass is 10.0. The lowest BCUT2D eigenvalue weighted by molar-refractivity contribution is -0.148. The van der Waals surface area contributed by atoms with Gasteiger partial charge < -0.3 is 47.8 Å². The number of phenols is 1. The SMILES string of the molecule is NC(=O)CC(N)C(=O)NC(Cc1ccc(O)cc1)C(=O)NC(CC(=O)O)C(=O)NC(CC(=O)O)C(=O)O. The van der Waals surface area contributed by atoms with Crippen molar-refractivity contribution < 1.29 is 54.0 Å². The van der Waals surface area contributed by atoms with E-state index in [9.17, 15) is 38.7 Å². The van der Waals surface area contributed by atoms with Crippen molar-refractivity contribution in [3.8, 4) is 5.75 Å². The maximum atomic E-state index is 13.0. The summed E-state index contributed by atoms with van der Waals surface area (Å²) < 4.78 is 0. The molecule has 0 heterocycles. The first-order valence-corrected chi connectivity index (χ1v) is 10.6. The molecule has 0 aromatic heterocycles. The Balaban J connectivity index is 3.16. The van der Waals surface area contributed by atoms with Crippen LogP contribution in [0, 0.1) is 0 Å². The van der Waals surface area contributed by atoms with Gasteiger partial charge in [0.2, 0.25) is 23.6 Å². The van der Waals surface area contributed by atoms with E-state index in [1.165, 1.54) is 24.3 Å². The molecule has 0 fully saturated rings. The Hall–Kier alpha value is -4.73. The van der Waals surface area contributed by atoms with Gasteiger partial charge in [-0.05, 0) is 17.7 Å². The fourth-order valence-corrected chi connectivity index (χ4v) is 2.97. The molecular formula is C21H27N5O11. The van der Waals surface area contributed by atoms with Crippen LogP contribution in [0.1, 0.15) is 24.8 Å². The van der Waals surface area contributed by atoms with Gasteiger partial charge in [-0.25, -0.2) is 4.79 Å². The monoisotopic (exact) mass is 525 g/mol. The standard InChI is InChI=1S/C21H27N5O11/c22-11(6-15(23)28)18(33)24-12(5-9-1-3-10(27)4-2-9)19(34)25-13(7-16(29)30)20(35)26-14(21(36)37)8-17(31)32/h1-4,11-14,27H,5-8,22H2,(H2,23,28)(H,24,33)(H,25,34)(H,26,35)(H,29,30)(H,31,32)(H,36,37). The second-order valence-corrected chi connectivity index (χ2v) is 7.86. The molecule has 16 heteroatoms. The molecule has 16 nitrogen and oxygen atoms in total. The minimum Gasteiger partial charge on any atom is -0.508 e. The van der Waals surface area contributed by atoms with Crippen molar-refractivity contribution in [1.82, 2.24) is 16.0 Å². The van der Waals surface area contributed by atoms with Crippen LogP contribution in [-0.2, 0) is 40.0 Å². The first-order chi connectivity index (χ1) is 17.2. The third-order valence-corrected chi connectivity index (χ3v) is 4.77. The Kier molecular flexibility index (Phi) is 11.4. The molecule has 0 aliphatic heterocycles. The summed E-state index contributed by atoms with van der Waals surface area (Å²) in [5, 5.41) is 42.7. The van der Waals surface area contributed by atoms with Crippen LogP contribution in [0.3, 0.4) is 0 Å². The fraction of sp³-hybridized carbons (Fsp3) is 0.381. The highest BCUT2D eigenvalue weighted by Crippen LogP contribution is 2.12. The van der Waals surface area contributed by atoms with Crippen LogP contribution in [0.15, 0.2) is 24.3 Å². The molecule has 4 unspecified atom stereocenters. The Labute approximate surface area is 209 Å². The summed E-state index contributed by atoms with van der Waals surface area (Å²) in [6.45, 7) is 0. The van der Waals surface area contributed by atoms with Gasteiger partial charge >= 0.3 is 17.9 Å². The minimum absolute atomic E-state index is 0.0928. The van der Waals surface area contributed by atoms with Crippen LogP contribution in [0.4, 0.5) is 0 Å². The van der Waals surface area contributed by atoms with Crippen molar-refractivity contribution >= 4 is 41.5 Å². The van der Waals surface area contributed by atoms with Gasteiger partial charge in [-0.1, -0.05) is 12.1 Å². The average Bonchev–Trinajstić information content (AvgIpc) is 2.77. The van der Waals surface area contributed by atoms with E-state index in [0.29, 0.717) is 5.56 Å². The Morgan fingerprint density at radius 1 is 0.703 bits per heavy atom. The van der Waals surface area contributed by atoms with E-state index in [2.05, 4.69) is 10.6 Å². The second kappa shape index (κ2) is 14.0. The molecule has 202 valence electrons. The van der Waals surface area contributed by atoms with E-state index in [-0.39, 0.29) is 12.2 Å². The van der Waals surface area contributed by atoms with Crippen molar-refractivity contribution in [2.24, 2.45) is 11.5 Å². The number of carboxylic acids is 3. The number of nitrogens with two attached hydrogens (primary N) is 2. The largest absolute Gasteiger partial charge is 0.508 e. The first kappa shape index (κ1) is 30.3. The molecule has 0 spiro atoms. The summed E-state index contributed by atoms with van der Waals surface area (Å²) >= 11 is 0. The Bertz CT molecular complexity index is 1040. The number of benzene rings is 1. The predicted molar refractivity (Wildman–Crippen MR) is 122 cm³/mol. The van der Waals surface area contributed by atoms with E-state index < -0.39 is 85.0 Å². The number of hydrogen-bond donors (Lipinski definition) is 9. The van der Waals surface area contributed by atoms with Crippen LogP contribution in [0.25, 0.3) is 0 Å². The number of carbonyl (C=O) groups excluding carboxylic acids is 4. The summed E-state index contributed by atoms with van der Waals surface area (Å²) in [5.41, 5.74) is 11.0. The molecule has 0 bridgehead atoms. The Morgan fingerprint density at radius 3 is 1.65 bits per heavy atom. The van der Waals surface area contributed by atoms with Crippen molar-refractivity contribution in [3.05, 3.63) is 29.8 Å². The number of hydrogen-bond acceptors (Lipinski definition) is 9. The lowest BCUT2D eigenvalue weighted by Gasteiger charge is -2.24. The van der Waals surface area contributed by atoms with Crippen molar-refractivity contribution in [1.29, 1.82) is 0 Å². The number of carbonyl (C=O) groups is 7. The summed E-state index contributed by atoms with van der Waals surface area (Å²) in [5.74, 6) is -9.17. The molecule has 4 atom stereocenters. The molecule has 4 amide bonds. The summed E-state index contributed by atoms with van der Waals surface area (Å²) in [6.07, 6.45) is -2.83. The summed E-state index contributed by atoms with van der Waals surface area (Å²) in [4.78, 5) is 82.4. The number of aliphatic carboxylic acids is 3. The molecule has 0 saturated heterocycles. The van der Waals surface area contributed by atoms with Crippen molar-refractivity contribution in [3.63, 3.8) is 0 Å². The van der Waals surface area contributed by atoms with Crippen LogP contribution in [-0.4, -0.2) is 86.1 Å². The number of amides is 4. The summed E-state index contributed by atoms with van der Waals surface area (Å²) in [7, 11) is 0. The van der Waals surface area contributed by atoms with E-state index in [0.717, 1.165) is 0 Å². The Morgan fingerprint density at radius 2 is 1.16 bits per heavy atom. The third kappa shape index (κ3) is 11.0. The molecule has 11 N–H and O–H groups in total. The highest BCUT2D eigenvalue weighted by molar-refractivity contribution is 5.96. The summed E-state index contributed by atoms with van der Waals surface area (Å²) in [6, 6.07) is -1.28. The van der Waals surface area contributed by atoms with Gasteiger partial charge in [0.1, 0.15) is 23.9 Å². The van der Waals surface area contributed by atoms with E-state index in [4.69, 9.17) is 26.8 Å². The molecule has 0 saturated carbocycles. The minimum atomic E-state index is -1.92. The van der Waals surface area contributed by atoms with E-state index >= 15 is 0 Å². The van der Waals surface area contributed by atoms with Gasteiger partial charge in [0.25, 0.3) is 0 Å². The van der Waals surface area contributed by atoms with Gasteiger partial charge in [-0.15, -0.1) is 0 Å².